The van der Waals surface area contributed by atoms with Crippen LogP contribution in [0.15, 0.2) is 35.8 Å². The summed E-state index contributed by atoms with van der Waals surface area (Å²) in [7, 11) is 0. The summed E-state index contributed by atoms with van der Waals surface area (Å²) in [5, 5.41) is 5.62. The molecule has 106 valence electrons. The zero-order chi connectivity index (χ0) is 13.8. The minimum Gasteiger partial charge on any atom is -0.376 e. The first-order chi connectivity index (χ1) is 9.83. The minimum absolute atomic E-state index is 0.331. The van der Waals surface area contributed by atoms with Crippen molar-refractivity contribution in [3.63, 3.8) is 0 Å². The van der Waals surface area contributed by atoms with Crippen LogP contribution in [0.4, 0.5) is 11.5 Å². The summed E-state index contributed by atoms with van der Waals surface area (Å²) >= 11 is 1.79. The van der Waals surface area contributed by atoms with Gasteiger partial charge in [-0.3, -0.25) is 0 Å². The summed E-state index contributed by atoms with van der Waals surface area (Å²) in [5.74, 6) is 1.11. The van der Waals surface area contributed by atoms with Crippen molar-refractivity contribution >= 4 is 22.8 Å². The van der Waals surface area contributed by atoms with Crippen molar-refractivity contribution in [1.29, 1.82) is 0 Å². The number of piperidine rings is 1. The first-order valence-corrected chi connectivity index (χ1v) is 8.22. The molecule has 4 heteroatoms. The molecule has 0 radical (unpaired) electrons. The number of thiophene rings is 1. The smallest absolute Gasteiger partial charge is 0.128 e. The normalized spacial score (nSPS) is 16.9. The highest BCUT2D eigenvalue weighted by atomic mass is 32.1. The average Bonchev–Trinajstić information content (AvgIpc) is 3.03. The third-order valence-electron chi connectivity index (χ3n) is 3.78. The number of aromatic nitrogens is 1. The van der Waals surface area contributed by atoms with E-state index in [1.165, 1.54) is 24.1 Å². The van der Waals surface area contributed by atoms with E-state index in [1.807, 2.05) is 6.20 Å². The van der Waals surface area contributed by atoms with Crippen LogP contribution in [0.5, 0.6) is 0 Å². The van der Waals surface area contributed by atoms with Gasteiger partial charge < -0.3 is 10.2 Å². The van der Waals surface area contributed by atoms with E-state index in [4.69, 9.17) is 0 Å². The molecule has 3 rings (SSSR count). The Kier molecular flexibility index (Phi) is 4.21. The molecule has 2 aromatic heterocycles. The number of anilines is 2. The second-order valence-electron chi connectivity index (χ2n) is 5.33. The Morgan fingerprint density at radius 1 is 1.20 bits per heavy atom. The Hall–Kier alpha value is -1.55. The lowest BCUT2D eigenvalue weighted by molar-refractivity contribution is 0.573. The highest BCUT2D eigenvalue weighted by Gasteiger charge is 2.12. The van der Waals surface area contributed by atoms with Crippen molar-refractivity contribution in [3.05, 3.63) is 40.7 Å². The summed E-state index contributed by atoms with van der Waals surface area (Å²) in [6, 6.07) is 8.86. The molecule has 0 aromatic carbocycles. The maximum absolute atomic E-state index is 4.60. The molecule has 1 N–H and O–H groups in total. The standard InChI is InChI=1S/C16H21N3S/c1-13(15-6-5-11-20-15)18-14-7-8-16(17-12-14)19-9-3-2-4-10-19/h5-8,11-13,18H,2-4,9-10H2,1H3. The summed E-state index contributed by atoms with van der Waals surface area (Å²) in [6.07, 6.45) is 5.89. The van der Waals surface area contributed by atoms with Crippen LogP contribution in [0.1, 0.15) is 37.1 Å². The van der Waals surface area contributed by atoms with Gasteiger partial charge in [-0.05, 0) is 49.8 Å². The zero-order valence-corrected chi connectivity index (χ0v) is 12.7. The first-order valence-electron chi connectivity index (χ1n) is 7.34. The van der Waals surface area contributed by atoms with Crippen molar-refractivity contribution in [1.82, 2.24) is 4.98 Å². The Balaban J connectivity index is 1.63. The third kappa shape index (κ3) is 3.12. The molecule has 20 heavy (non-hydrogen) atoms. The Labute approximate surface area is 124 Å². The molecule has 2 aromatic rings. The summed E-state index contributed by atoms with van der Waals surface area (Å²) in [6.45, 7) is 4.47. The van der Waals surface area contributed by atoms with Gasteiger partial charge in [0.1, 0.15) is 5.82 Å². The van der Waals surface area contributed by atoms with Crippen LogP contribution in [0, 0.1) is 0 Å². The minimum atomic E-state index is 0.331. The zero-order valence-electron chi connectivity index (χ0n) is 11.9. The highest BCUT2D eigenvalue weighted by Crippen LogP contribution is 2.24. The van der Waals surface area contributed by atoms with E-state index in [2.05, 4.69) is 51.8 Å². The first kappa shape index (κ1) is 13.4. The number of nitrogens with zero attached hydrogens (tertiary/aromatic N) is 2. The number of nitrogens with one attached hydrogen (secondary N) is 1. The topological polar surface area (TPSA) is 28.2 Å². The van der Waals surface area contributed by atoms with Gasteiger partial charge in [0.05, 0.1) is 17.9 Å². The lowest BCUT2D eigenvalue weighted by Crippen LogP contribution is -2.30. The SMILES string of the molecule is CC(Nc1ccc(N2CCCCC2)nc1)c1cccs1. The predicted molar refractivity (Wildman–Crippen MR) is 86.7 cm³/mol. The molecule has 1 aliphatic heterocycles. The van der Waals surface area contributed by atoms with Crippen molar-refractivity contribution < 1.29 is 0 Å². The summed E-state index contributed by atoms with van der Waals surface area (Å²) < 4.78 is 0. The van der Waals surface area contributed by atoms with E-state index in [1.54, 1.807) is 11.3 Å². The Morgan fingerprint density at radius 3 is 2.70 bits per heavy atom. The van der Waals surface area contributed by atoms with E-state index in [0.717, 1.165) is 24.6 Å². The summed E-state index contributed by atoms with van der Waals surface area (Å²) in [4.78, 5) is 8.34. The van der Waals surface area contributed by atoms with Crippen LogP contribution in [-0.2, 0) is 0 Å². The predicted octanol–water partition coefficient (Wildman–Crippen LogP) is 4.31. The fourth-order valence-corrected chi connectivity index (χ4v) is 3.37. The van der Waals surface area contributed by atoms with E-state index in [-0.39, 0.29) is 0 Å². The largest absolute Gasteiger partial charge is 0.376 e. The molecule has 0 amide bonds. The second kappa shape index (κ2) is 6.27. The van der Waals surface area contributed by atoms with Gasteiger partial charge in [0, 0.05) is 18.0 Å². The van der Waals surface area contributed by atoms with Gasteiger partial charge in [-0.25, -0.2) is 4.98 Å². The van der Waals surface area contributed by atoms with Crippen molar-refractivity contribution in [2.75, 3.05) is 23.3 Å². The maximum Gasteiger partial charge on any atom is 0.128 e. The fourth-order valence-electron chi connectivity index (χ4n) is 2.64. The Morgan fingerprint density at radius 2 is 2.05 bits per heavy atom. The van der Waals surface area contributed by atoms with E-state index in [0.29, 0.717) is 6.04 Å². The summed E-state index contributed by atoms with van der Waals surface area (Å²) in [5.41, 5.74) is 1.09. The van der Waals surface area contributed by atoms with E-state index < -0.39 is 0 Å². The lowest BCUT2D eigenvalue weighted by Gasteiger charge is -2.27. The molecule has 3 heterocycles. The lowest BCUT2D eigenvalue weighted by atomic mass is 10.1. The van der Waals surface area contributed by atoms with Crippen LogP contribution in [0.3, 0.4) is 0 Å². The van der Waals surface area contributed by atoms with Crippen molar-refractivity contribution in [2.24, 2.45) is 0 Å². The van der Waals surface area contributed by atoms with Gasteiger partial charge >= 0.3 is 0 Å². The molecule has 0 aliphatic carbocycles. The average molecular weight is 287 g/mol. The maximum atomic E-state index is 4.60. The molecule has 1 aliphatic rings. The van der Waals surface area contributed by atoms with Crippen molar-refractivity contribution in [2.45, 2.75) is 32.2 Å². The van der Waals surface area contributed by atoms with Gasteiger partial charge in [-0.2, -0.15) is 0 Å². The van der Waals surface area contributed by atoms with Crippen LogP contribution >= 0.6 is 11.3 Å². The number of rotatable bonds is 4. The van der Waals surface area contributed by atoms with E-state index in [9.17, 15) is 0 Å². The van der Waals surface area contributed by atoms with Crippen LogP contribution in [0.2, 0.25) is 0 Å². The second-order valence-corrected chi connectivity index (χ2v) is 6.31. The molecule has 3 nitrogen and oxygen atoms in total. The highest BCUT2D eigenvalue weighted by molar-refractivity contribution is 7.10. The third-order valence-corrected chi connectivity index (χ3v) is 4.84. The van der Waals surface area contributed by atoms with Crippen molar-refractivity contribution in [3.8, 4) is 0 Å². The van der Waals surface area contributed by atoms with Crippen LogP contribution in [-0.4, -0.2) is 18.1 Å². The number of hydrogen-bond acceptors (Lipinski definition) is 4. The molecular formula is C16H21N3S. The molecule has 1 atom stereocenters. The van der Waals surface area contributed by atoms with Gasteiger partial charge in [0.15, 0.2) is 0 Å². The van der Waals surface area contributed by atoms with Crippen LogP contribution in [0.25, 0.3) is 0 Å². The molecule has 1 unspecified atom stereocenters. The number of pyridine rings is 1. The van der Waals surface area contributed by atoms with Gasteiger partial charge in [0.2, 0.25) is 0 Å². The molecule has 0 bridgehead atoms. The van der Waals surface area contributed by atoms with Crippen LogP contribution < -0.4 is 10.2 Å². The molecule has 0 saturated carbocycles. The number of hydrogen-bond donors (Lipinski definition) is 1. The van der Waals surface area contributed by atoms with E-state index >= 15 is 0 Å². The fraction of sp³-hybridized carbons (Fsp3) is 0.438. The van der Waals surface area contributed by atoms with Gasteiger partial charge in [0.25, 0.3) is 0 Å². The molecular weight excluding hydrogens is 266 g/mol. The monoisotopic (exact) mass is 287 g/mol. The molecule has 1 saturated heterocycles. The van der Waals surface area contributed by atoms with Gasteiger partial charge in [-0.15, -0.1) is 11.3 Å². The Bertz CT molecular complexity index is 515. The quantitative estimate of drug-likeness (QED) is 0.908. The molecule has 0 spiro atoms. The molecule has 1 fully saturated rings. The van der Waals surface area contributed by atoms with Gasteiger partial charge in [-0.1, -0.05) is 6.07 Å².